The molecule has 0 amide bonds. The van der Waals surface area contributed by atoms with Gasteiger partial charge in [0.2, 0.25) is 0 Å². The Balaban J connectivity index is 0.000000290. The zero-order valence-electron chi connectivity index (χ0n) is 29.2. The molecule has 0 aliphatic carbocycles. The molecule has 0 aliphatic heterocycles. The Kier molecular flexibility index (Phi) is 13.3. The van der Waals surface area contributed by atoms with Crippen molar-refractivity contribution in [3.05, 3.63) is 83.4 Å². The van der Waals surface area contributed by atoms with Crippen LogP contribution in [-0.4, -0.2) is 15.9 Å². The minimum atomic E-state index is -0.337. The summed E-state index contributed by atoms with van der Waals surface area (Å²) >= 11 is 5.29. The second-order valence-electron chi connectivity index (χ2n) is 13.5. The first-order valence-corrected chi connectivity index (χ1v) is 18.8. The van der Waals surface area contributed by atoms with E-state index in [1.807, 2.05) is 64.5 Å². The fourth-order valence-electron chi connectivity index (χ4n) is 5.42. The number of ketones is 1. The molecular formula is C40H48IrNO2S3-. The number of carbonyl (C=O) groups is 1. The molecule has 1 N–H and O–H groups in total. The molecule has 0 atom stereocenters. The fraction of sp³-hybridized carbons (Fsp3) is 0.400. The first-order chi connectivity index (χ1) is 21.7. The van der Waals surface area contributed by atoms with Crippen molar-refractivity contribution < 1.29 is 30.0 Å². The number of benzene rings is 2. The van der Waals surface area contributed by atoms with Crippen molar-refractivity contribution in [3.8, 4) is 11.3 Å². The molecule has 0 spiro atoms. The van der Waals surface area contributed by atoms with Crippen molar-refractivity contribution in [3.63, 3.8) is 0 Å². The predicted molar refractivity (Wildman–Crippen MR) is 205 cm³/mol. The van der Waals surface area contributed by atoms with Crippen LogP contribution in [0.15, 0.2) is 76.7 Å². The molecule has 47 heavy (non-hydrogen) atoms. The number of hydrogen-bond donors (Lipinski definition) is 1. The third-order valence-corrected chi connectivity index (χ3v) is 12.6. The van der Waals surface area contributed by atoms with Crippen LogP contribution in [0.2, 0.25) is 0 Å². The molecule has 0 saturated carbocycles. The number of hydrogen-bond acceptors (Lipinski definition) is 6. The monoisotopic (exact) mass is 863 g/mol. The molecule has 5 rings (SSSR count). The van der Waals surface area contributed by atoms with E-state index in [-0.39, 0.29) is 47.9 Å². The van der Waals surface area contributed by atoms with E-state index in [0.717, 1.165) is 36.9 Å². The van der Waals surface area contributed by atoms with Crippen molar-refractivity contribution in [2.75, 3.05) is 0 Å². The molecule has 3 aromatic heterocycles. The van der Waals surface area contributed by atoms with Gasteiger partial charge in [0, 0.05) is 68.4 Å². The van der Waals surface area contributed by atoms with E-state index in [2.05, 4.69) is 75.2 Å². The van der Waals surface area contributed by atoms with Gasteiger partial charge in [-0.2, -0.15) is 11.8 Å². The predicted octanol–water partition coefficient (Wildman–Crippen LogP) is 13.3. The Morgan fingerprint density at radius 3 is 2.21 bits per heavy atom. The summed E-state index contributed by atoms with van der Waals surface area (Å²) in [6.07, 6.45) is 6.68. The average molecular weight is 863 g/mol. The number of carbonyl (C=O) groups excluding carboxylic acids is 1. The average Bonchev–Trinajstić information content (AvgIpc) is 3.66. The summed E-state index contributed by atoms with van der Waals surface area (Å²) in [5.41, 5.74) is 2.81. The molecule has 0 saturated heterocycles. The Bertz CT molecular complexity index is 1880. The summed E-state index contributed by atoms with van der Waals surface area (Å²) in [4.78, 5) is 18.2. The zero-order chi connectivity index (χ0) is 33.9. The van der Waals surface area contributed by atoms with Crippen molar-refractivity contribution in [2.24, 2.45) is 10.8 Å². The SMILES string of the molecule is C=CSc1c[c-]c(-c2nccc3c2sc2cc4ccsc4cc23)cc1C(C)(C)C.CCC(C)(CC)C(=O)/C=C(\O)C(C)(CC)CC.[Ir]. The van der Waals surface area contributed by atoms with Gasteiger partial charge >= 0.3 is 0 Å². The molecule has 0 unspecified atom stereocenters. The van der Waals surface area contributed by atoms with Gasteiger partial charge in [-0.05, 0) is 76.9 Å². The van der Waals surface area contributed by atoms with Crippen LogP contribution < -0.4 is 0 Å². The third-order valence-electron chi connectivity index (χ3n) is 9.75. The van der Waals surface area contributed by atoms with Crippen LogP contribution in [0, 0.1) is 16.9 Å². The normalized spacial score (nSPS) is 12.6. The maximum Gasteiger partial charge on any atom is 0.164 e. The zero-order valence-corrected chi connectivity index (χ0v) is 34.0. The summed E-state index contributed by atoms with van der Waals surface area (Å²) in [6.45, 7) is 22.7. The summed E-state index contributed by atoms with van der Waals surface area (Å²) < 4.78 is 3.89. The number of pyridine rings is 1. The summed E-state index contributed by atoms with van der Waals surface area (Å²) in [5, 5.41) is 18.1. The van der Waals surface area contributed by atoms with Crippen molar-refractivity contribution in [1.29, 1.82) is 0 Å². The second-order valence-corrected chi connectivity index (χ2v) is 16.5. The Morgan fingerprint density at radius 1 is 0.957 bits per heavy atom. The van der Waals surface area contributed by atoms with Crippen LogP contribution in [0.3, 0.4) is 0 Å². The molecule has 5 aromatic rings. The summed E-state index contributed by atoms with van der Waals surface area (Å²) in [7, 11) is 0. The van der Waals surface area contributed by atoms with Crippen LogP contribution in [0.25, 0.3) is 41.5 Å². The fourth-order valence-corrected chi connectivity index (χ4v) is 8.26. The van der Waals surface area contributed by atoms with Gasteiger partial charge in [0.1, 0.15) is 5.76 Å². The number of fused-ring (bicyclic) bond motifs is 4. The summed E-state index contributed by atoms with van der Waals surface area (Å²) in [6, 6.07) is 16.8. The van der Waals surface area contributed by atoms with E-state index in [1.54, 1.807) is 23.1 Å². The van der Waals surface area contributed by atoms with Gasteiger partial charge in [-0.3, -0.25) is 4.79 Å². The smallest absolute Gasteiger partial charge is 0.164 e. The van der Waals surface area contributed by atoms with Gasteiger partial charge < -0.3 is 10.1 Å². The van der Waals surface area contributed by atoms with Gasteiger partial charge in [-0.15, -0.1) is 52.0 Å². The second kappa shape index (κ2) is 16.0. The Labute approximate surface area is 307 Å². The quantitative estimate of drug-likeness (QED) is 0.0658. The molecule has 1 radical (unpaired) electrons. The third kappa shape index (κ3) is 8.31. The molecule has 0 fully saturated rings. The molecule has 2 aromatic carbocycles. The molecule has 3 heterocycles. The topological polar surface area (TPSA) is 50.2 Å². The van der Waals surface area contributed by atoms with E-state index in [1.165, 1.54) is 46.8 Å². The van der Waals surface area contributed by atoms with Crippen LogP contribution in [-0.2, 0) is 30.3 Å². The minimum absolute atomic E-state index is 0. The first kappa shape index (κ1) is 39.2. The van der Waals surface area contributed by atoms with Crippen molar-refractivity contribution in [2.45, 2.75) is 98.3 Å². The molecular weight excluding hydrogens is 815 g/mol. The van der Waals surface area contributed by atoms with E-state index in [0.29, 0.717) is 0 Å². The number of nitrogens with zero attached hydrogens (tertiary/aromatic N) is 1. The van der Waals surface area contributed by atoms with Gasteiger partial charge in [-0.1, -0.05) is 73.8 Å². The van der Waals surface area contributed by atoms with Crippen LogP contribution in [0.4, 0.5) is 0 Å². The standard InChI is InChI=1S/C25H20NS3.C15H28O2.Ir/c1-5-27-20-7-6-16(12-19(20)25(2,3)4)23-24-17(8-10-26-23)18-14-21-15(9-11-28-21)13-22(18)29-24;1-7-14(5,8-2)12(16)11-13(17)15(6,9-3)10-4;/h5,7-14H,1H2,2-4H3;11,16H,7-10H2,1-6H3;/q-1;;/b;12-11-;. The molecule has 0 aliphatic rings. The molecule has 7 heteroatoms. The van der Waals surface area contributed by atoms with Gasteiger partial charge in [0.15, 0.2) is 5.78 Å². The van der Waals surface area contributed by atoms with E-state index < -0.39 is 0 Å². The Morgan fingerprint density at radius 2 is 1.62 bits per heavy atom. The maximum atomic E-state index is 12.2. The van der Waals surface area contributed by atoms with Crippen molar-refractivity contribution >= 4 is 70.5 Å². The van der Waals surface area contributed by atoms with Crippen LogP contribution in [0.1, 0.15) is 93.6 Å². The Hall–Kier alpha value is -2.28. The number of allylic oxidation sites excluding steroid dienone is 2. The number of thiophene rings is 2. The number of rotatable bonds is 10. The van der Waals surface area contributed by atoms with Crippen LogP contribution in [0.5, 0.6) is 0 Å². The van der Waals surface area contributed by atoms with Gasteiger partial charge in [-0.25, -0.2) is 0 Å². The number of aliphatic hydroxyl groups is 1. The van der Waals surface area contributed by atoms with E-state index in [4.69, 9.17) is 4.98 Å². The van der Waals surface area contributed by atoms with E-state index >= 15 is 0 Å². The van der Waals surface area contributed by atoms with Gasteiger partial charge in [0.25, 0.3) is 0 Å². The number of thioether (sulfide) groups is 1. The van der Waals surface area contributed by atoms with Crippen LogP contribution >= 0.6 is 34.4 Å². The maximum absolute atomic E-state index is 12.2. The van der Waals surface area contributed by atoms with E-state index in [9.17, 15) is 9.90 Å². The molecule has 0 bridgehead atoms. The first-order valence-electron chi connectivity index (χ1n) is 16.2. The van der Waals surface area contributed by atoms with Gasteiger partial charge in [0.05, 0.1) is 0 Å². The number of aromatic nitrogens is 1. The van der Waals surface area contributed by atoms with Crippen molar-refractivity contribution in [1.82, 2.24) is 4.98 Å². The largest absolute Gasteiger partial charge is 0.512 e. The molecule has 3 nitrogen and oxygen atoms in total. The minimum Gasteiger partial charge on any atom is -0.512 e. The molecule has 253 valence electrons. The summed E-state index contributed by atoms with van der Waals surface area (Å²) in [5.74, 6) is 0.286. The number of aliphatic hydroxyl groups excluding tert-OH is 1.